The van der Waals surface area contributed by atoms with E-state index < -0.39 is 36.5 Å². The van der Waals surface area contributed by atoms with Gasteiger partial charge in [-0.05, 0) is 77.5 Å². The van der Waals surface area contributed by atoms with Gasteiger partial charge in [-0.2, -0.15) is 0 Å². The number of ketones is 1. The number of rotatable bonds is 8. The van der Waals surface area contributed by atoms with Crippen molar-refractivity contribution in [3.05, 3.63) is 23.8 Å². The number of carbonyl (C=O) groups excluding carboxylic acids is 2. The van der Waals surface area contributed by atoms with E-state index in [1.54, 1.807) is 6.08 Å². The number of carbonyl (C=O) groups is 2. The Bertz CT molecular complexity index is 1170. The van der Waals surface area contributed by atoms with Gasteiger partial charge in [-0.1, -0.05) is 86.5 Å². The quantitative estimate of drug-likeness (QED) is 0.256. The van der Waals surface area contributed by atoms with Crippen molar-refractivity contribution in [1.82, 2.24) is 4.90 Å². The lowest BCUT2D eigenvalue weighted by Crippen LogP contribution is -2.56. The molecule has 294 valence electrons. The standard InChI is InChI=1S/C42H73NO8/c1-15-33-20-24(4)35(44)18-17-23(3)19-34(22-47-41-27(7)25(5)26(6)31(11)48-41)37(16-2)50-38(46)21-36(45)29(9)40(33)51-42-30(10)39(43(13)14)28(8)32(12)49-42/h17-19,24-34,36-37,39-42,45H,15-16,20-22H2,1-14H3/b18-17+,23-19+/t24-,25-,26+,27-,28-,29+,30-,31-,32-,33+,34-,36-,37-,39+,40-,41-,42+/m1/s1. The van der Waals surface area contributed by atoms with Gasteiger partial charge in [0.15, 0.2) is 18.4 Å². The molecule has 51 heavy (non-hydrogen) atoms. The van der Waals surface area contributed by atoms with Gasteiger partial charge in [0.25, 0.3) is 0 Å². The summed E-state index contributed by atoms with van der Waals surface area (Å²) >= 11 is 0. The van der Waals surface area contributed by atoms with Crippen molar-refractivity contribution < 1.29 is 38.4 Å². The molecule has 3 heterocycles. The van der Waals surface area contributed by atoms with Crippen LogP contribution in [0.5, 0.6) is 0 Å². The molecule has 0 bridgehead atoms. The number of ether oxygens (including phenoxy) is 5. The molecule has 3 rings (SSSR count). The Kier molecular flexibility index (Phi) is 16.9. The van der Waals surface area contributed by atoms with Crippen LogP contribution in [-0.2, 0) is 33.3 Å². The topological polar surface area (TPSA) is 104 Å². The number of aliphatic hydroxyl groups excluding tert-OH is 1. The number of cyclic esters (lactones) is 1. The number of esters is 1. The number of nitrogens with zero attached hydrogens (tertiary/aromatic N) is 1. The first-order chi connectivity index (χ1) is 23.9. The summed E-state index contributed by atoms with van der Waals surface area (Å²) in [5, 5.41) is 11.7. The van der Waals surface area contributed by atoms with Gasteiger partial charge in [-0.15, -0.1) is 0 Å². The molecule has 1 N–H and O–H groups in total. The van der Waals surface area contributed by atoms with Gasteiger partial charge < -0.3 is 33.7 Å². The van der Waals surface area contributed by atoms with Crippen molar-refractivity contribution >= 4 is 11.8 Å². The maximum atomic E-state index is 13.6. The predicted molar refractivity (Wildman–Crippen MR) is 202 cm³/mol. The minimum absolute atomic E-state index is 0.0202. The Morgan fingerprint density at radius 2 is 1.43 bits per heavy atom. The summed E-state index contributed by atoms with van der Waals surface area (Å²) in [6.45, 7) is 25.4. The first-order valence-electron chi connectivity index (χ1n) is 19.9. The second-order valence-electron chi connectivity index (χ2n) is 16.8. The van der Waals surface area contributed by atoms with E-state index in [1.807, 2.05) is 39.8 Å². The van der Waals surface area contributed by atoms with Gasteiger partial charge in [0.1, 0.15) is 6.10 Å². The highest BCUT2D eigenvalue weighted by Gasteiger charge is 2.45. The van der Waals surface area contributed by atoms with Crippen LogP contribution in [0.15, 0.2) is 23.8 Å². The minimum atomic E-state index is -1.01. The minimum Gasteiger partial charge on any atom is -0.462 e. The summed E-state index contributed by atoms with van der Waals surface area (Å²) in [5.74, 6) is 0.0191. The predicted octanol–water partition coefficient (Wildman–Crippen LogP) is 7.45. The summed E-state index contributed by atoms with van der Waals surface area (Å²) in [6.07, 6.45) is 4.53. The van der Waals surface area contributed by atoms with Crippen LogP contribution < -0.4 is 0 Å². The molecular formula is C42H73NO8. The molecule has 2 saturated heterocycles. The molecule has 9 heteroatoms. The lowest BCUT2D eigenvalue weighted by atomic mass is 9.79. The highest BCUT2D eigenvalue weighted by atomic mass is 16.7. The molecule has 3 aliphatic rings. The van der Waals surface area contributed by atoms with Gasteiger partial charge in [0.2, 0.25) is 0 Å². The van der Waals surface area contributed by atoms with Crippen molar-refractivity contribution in [3.63, 3.8) is 0 Å². The van der Waals surface area contributed by atoms with Crippen molar-refractivity contribution in [1.29, 1.82) is 0 Å². The monoisotopic (exact) mass is 720 g/mol. The SMILES string of the molecule is CC[C@H]1C[C@@H](C)C(=O)/C=C/C(C)=C/[C@H](CO[C@@H]2O[C@H](C)[C@@H](C)[C@@H](C)[C@H]2C)[C@@H](CC)OC(=O)C[C@@H](O)[C@H](C)[C@H]1O[C@@H]1O[C@H](C)[C@@H](C)[C@H](N(C)C)[C@H]1C. The molecule has 0 aliphatic carbocycles. The molecular weight excluding hydrogens is 646 g/mol. The molecule has 0 saturated carbocycles. The van der Waals surface area contributed by atoms with E-state index in [4.69, 9.17) is 23.7 Å². The van der Waals surface area contributed by atoms with E-state index >= 15 is 0 Å². The molecule has 0 amide bonds. The average Bonchev–Trinajstić information content (AvgIpc) is 3.08. The third-order valence-electron chi connectivity index (χ3n) is 12.9. The molecule has 3 aliphatic heterocycles. The van der Waals surface area contributed by atoms with Crippen molar-refractivity contribution in [2.45, 2.75) is 158 Å². The smallest absolute Gasteiger partial charge is 0.308 e. The number of allylic oxidation sites excluding steroid dienone is 3. The van der Waals surface area contributed by atoms with E-state index in [-0.39, 0.29) is 66.3 Å². The number of aliphatic hydroxyl groups is 1. The van der Waals surface area contributed by atoms with E-state index in [9.17, 15) is 14.7 Å². The Morgan fingerprint density at radius 1 is 0.804 bits per heavy atom. The van der Waals surface area contributed by atoms with Gasteiger partial charge in [-0.25, -0.2) is 0 Å². The molecule has 0 radical (unpaired) electrons. The highest BCUT2D eigenvalue weighted by Crippen LogP contribution is 2.39. The van der Waals surface area contributed by atoms with Crippen LogP contribution in [0, 0.1) is 53.3 Å². The second-order valence-corrected chi connectivity index (χ2v) is 16.8. The highest BCUT2D eigenvalue weighted by molar-refractivity contribution is 5.91. The third kappa shape index (κ3) is 11.2. The fourth-order valence-electron chi connectivity index (χ4n) is 8.71. The fraction of sp³-hybridized carbons (Fsp3) is 0.857. The zero-order chi connectivity index (χ0) is 38.3. The van der Waals surface area contributed by atoms with Gasteiger partial charge in [0, 0.05) is 35.6 Å². The molecule has 0 aromatic heterocycles. The van der Waals surface area contributed by atoms with Crippen LogP contribution in [0.25, 0.3) is 0 Å². The van der Waals surface area contributed by atoms with Crippen LogP contribution in [-0.4, -0.2) is 91.6 Å². The first-order valence-corrected chi connectivity index (χ1v) is 19.9. The molecule has 9 nitrogen and oxygen atoms in total. The number of hydrogen-bond donors (Lipinski definition) is 1. The molecule has 0 unspecified atom stereocenters. The van der Waals surface area contributed by atoms with Crippen LogP contribution >= 0.6 is 0 Å². The molecule has 2 fully saturated rings. The summed E-state index contributed by atoms with van der Waals surface area (Å²) in [5.41, 5.74) is 0.892. The lowest BCUT2D eigenvalue weighted by Gasteiger charge is -2.48. The van der Waals surface area contributed by atoms with Crippen LogP contribution in [0.1, 0.15) is 109 Å². The lowest BCUT2D eigenvalue weighted by molar-refractivity contribution is -0.277. The van der Waals surface area contributed by atoms with Gasteiger partial charge in [-0.3, -0.25) is 9.59 Å². The zero-order valence-corrected chi connectivity index (χ0v) is 34.3. The molecule has 0 aromatic rings. The van der Waals surface area contributed by atoms with E-state index in [1.165, 1.54) is 0 Å². The fourth-order valence-corrected chi connectivity index (χ4v) is 8.71. The maximum Gasteiger partial charge on any atom is 0.308 e. The van der Waals surface area contributed by atoms with Crippen molar-refractivity contribution in [2.75, 3.05) is 20.7 Å². The summed E-state index contributed by atoms with van der Waals surface area (Å²) in [6, 6.07) is 0.244. The Hall–Kier alpha value is -1.62. The van der Waals surface area contributed by atoms with Crippen LogP contribution in [0.3, 0.4) is 0 Å². The average molecular weight is 720 g/mol. The van der Waals surface area contributed by atoms with E-state index in [0.29, 0.717) is 37.2 Å². The second kappa shape index (κ2) is 19.6. The Morgan fingerprint density at radius 3 is 2.04 bits per heavy atom. The maximum absolute atomic E-state index is 13.6. The Labute approximate surface area is 310 Å². The summed E-state index contributed by atoms with van der Waals surface area (Å²) in [7, 11) is 4.19. The third-order valence-corrected chi connectivity index (χ3v) is 12.9. The van der Waals surface area contributed by atoms with E-state index in [2.05, 4.69) is 74.4 Å². The van der Waals surface area contributed by atoms with Crippen molar-refractivity contribution in [3.8, 4) is 0 Å². The Balaban J connectivity index is 1.92. The summed E-state index contributed by atoms with van der Waals surface area (Å²) in [4.78, 5) is 29.4. The van der Waals surface area contributed by atoms with Crippen LogP contribution in [0.4, 0.5) is 0 Å². The normalized spacial score (nSPS) is 45.6. The zero-order valence-electron chi connectivity index (χ0n) is 34.3. The molecule has 0 aromatic carbocycles. The van der Waals surface area contributed by atoms with Gasteiger partial charge >= 0.3 is 5.97 Å². The molecule has 17 atom stereocenters. The number of hydrogen-bond acceptors (Lipinski definition) is 9. The van der Waals surface area contributed by atoms with Crippen molar-refractivity contribution in [2.24, 2.45) is 53.3 Å². The van der Waals surface area contributed by atoms with Crippen LogP contribution in [0.2, 0.25) is 0 Å². The summed E-state index contributed by atoms with van der Waals surface area (Å²) < 4.78 is 32.3. The van der Waals surface area contributed by atoms with Gasteiger partial charge in [0.05, 0.1) is 37.4 Å². The molecule has 0 spiro atoms. The first kappa shape index (κ1) is 43.8. The largest absolute Gasteiger partial charge is 0.462 e. The van der Waals surface area contributed by atoms with E-state index in [0.717, 1.165) is 12.0 Å².